The summed E-state index contributed by atoms with van der Waals surface area (Å²) >= 11 is 3.32. The molecule has 1 aromatic carbocycles. The molecule has 0 fully saturated rings. The van der Waals surface area contributed by atoms with Crippen LogP contribution in [0.3, 0.4) is 0 Å². The summed E-state index contributed by atoms with van der Waals surface area (Å²) in [6, 6.07) is 10.1. The Labute approximate surface area is 148 Å². The first-order valence-electron chi connectivity index (χ1n) is 7.58. The number of amides is 1. The van der Waals surface area contributed by atoms with Crippen molar-refractivity contribution in [3.63, 3.8) is 0 Å². The van der Waals surface area contributed by atoms with Crippen molar-refractivity contribution in [2.45, 2.75) is 26.9 Å². The third-order valence-electron chi connectivity index (χ3n) is 3.73. The Kier molecular flexibility index (Phi) is 4.80. The van der Waals surface area contributed by atoms with Gasteiger partial charge in [0.1, 0.15) is 6.54 Å². The molecule has 3 rings (SSSR count). The minimum Gasteiger partial charge on any atom is -0.321 e. The van der Waals surface area contributed by atoms with Crippen LogP contribution in [0, 0.1) is 13.8 Å². The number of hydrogen-bond acceptors (Lipinski definition) is 3. The molecule has 0 aliphatic carbocycles. The molecule has 0 saturated heterocycles. The van der Waals surface area contributed by atoms with E-state index in [2.05, 4.69) is 43.6 Å². The standard InChI is InChI=1S/C17H18BrN5O/c1-12-17(20-16(24)11-22-10-15(18)8-19-22)13(2)23(21-12)9-14-6-4-3-5-7-14/h3-8,10H,9,11H2,1-2H3,(H,20,24). The van der Waals surface area contributed by atoms with Gasteiger partial charge in [-0.3, -0.25) is 14.2 Å². The second kappa shape index (κ2) is 7.00. The molecule has 0 radical (unpaired) electrons. The van der Waals surface area contributed by atoms with Crippen LogP contribution in [0.5, 0.6) is 0 Å². The number of anilines is 1. The zero-order chi connectivity index (χ0) is 17.1. The fourth-order valence-corrected chi connectivity index (χ4v) is 2.87. The van der Waals surface area contributed by atoms with Crippen LogP contribution in [0.2, 0.25) is 0 Å². The van der Waals surface area contributed by atoms with E-state index in [-0.39, 0.29) is 12.5 Å². The van der Waals surface area contributed by atoms with Crippen LogP contribution in [-0.4, -0.2) is 25.5 Å². The molecule has 124 valence electrons. The number of nitrogens with zero attached hydrogens (tertiary/aromatic N) is 4. The van der Waals surface area contributed by atoms with E-state index in [1.807, 2.05) is 36.7 Å². The van der Waals surface area contributed by atoms with E-state index in [1.54, 1.807) is 17.1 Å². The fourth-order valence-electron chi connectivity index (χ4n) is 2.54. The Morgan fingerprint density at radius 3 is 2.67 bits per heavy atom. The number of aromatic nitrogens is 4. The highest BCUT2D eigenvalue weighted by Gasteiger charge is 2.15. The molecule has 3 aromatic rings. The van der Waals surface area contributed by atoms with Crippen molar-refractivity contribution < 1.29 is 4.79 Å². The van der Waals surface area contributed by atoms with Crippen LogP contribution in [0.1, 0.15) is 17.0 Å². The molecule has 7 heteroatoms. The molecule has 24 heavy (non-hydrogen) atoms. The SMILES string of the molecule is Cc1nn(Cc2ccccc2)c(C)c1NC(=O)Cn1cc(Br)cn1. The van der Waals surface area contributed by atoms with Gasteiger partial charge in [0.25, 0.3) is 0 Å². The van der Waals surface area contributed by atoms with Gasteiger partial charge in [0, 0.05) is 6.20 Å². The van der Waals surface area contributed by atoms with E-state index >= 15 is 0 Å². The van der Waals surface area contributed by atoms with E-state index in [0.717, 1.165) is 21.5 Å². The lowest BCUT2D eigenvalue weighted by Gasteiger charge is -2.07. The van der Waals surface area contributed by atoms with Crippen LogP contribution >= 0.6 is 15.9 Å². The van der Waals surface area contributed by atoms with E-state index in [0.29, 0.717) is 6.54 Å². The van der Waals surface area contributed by atoms with Crippen LogP contribution in [-0.2, 0) is 17.9 Å². The largest absolute Gasteiger partial charge is 0.321 e. The van der Waals surface area contributed by atoms with E-state index in [9.17, 15) is 4.79 Å². The molecule has 0 bridgehead atoms. The quantitative estimate of drug-likeness (QED) is 0.731. The zero-order valence-corrected chi connectivity index (χ0v) is 15.1. The monoisotopic (exact) mass is 387 g/mol. The van der Waals surface area contributed by atoms with Crippen LogP contribution in [0.4, 0.5) is 5.69 Å². The summed E-state index contributed by atoms with van der Waals surface area (Å²) in [5.41, 5.74) is 3.68. The molecular formula is C17H18BrN5O. The number of carbonyl (C=O) groups is 1. The summed E-state index contributed by atoms with van der Waals surface area (Å²) in [5.74, 6) is -0.129. The molecule has 6 nitrogen and oxygen atoms in total. The summed E-state index contributed by atoms with van der Waals surface area (Å²) in [4.78, 5) is 12.2. The lowest BCUT2D eigenvalue weighted by atomic mass is 10.2. The highest BCUT2D eigenvalue weighted by molar-refractivity contribution is 9.10. The van der Waals surface area contributed by atoms with Crippen molar-refractivity contribution in [3.05, 3.63) is 64.1 Å². The van der Waals surface area contributed by atoms with Gasteiger partial charge >= 0.3 is 0 Å². The van der Waals surface area contributed by atoms with Gasteiger partial charge in [-0.25, -0.2) is 0 Å². The summed E-state index contributed by atoms with van der Waals surface area (Å²) in [5, 5.41) is 11.6. The molecule has 2 heterocycles. The maximum atomic E-state index is 12.2. The minimum absolute atomic E-state index is 0.129. The first-order valence-corrected chi connectivity index (χ1v) is 8.38. The molecule has 0 spiro atoms. The van der Waals surface area contributed by atoms with Crippen molar-refractivity contribution >= 4 is 27.5 Å². The highest BCUT2D eigenvalue weighted by atomic mass is 79.9. The molecule has 1 N–H and O–H groups in total. The third-order valence-corrected chi connectivity index (χ3v) is 4.14. The number of carbonyl (C=O) groups excluding carboxylic acids is 1. The Hall–Kier alpha value is -2.41. The second-order valence-electron chi connectivity index (χ2n) is 5.59. The highest BCUT2D eigenvalue weighted by Crippen LogP contribution is 2.20. The molecular weight excluding hydrogens is 370 g/mol. The predicted molar refractivity (Wildman–Crippen MR) is 95.8 cm³/mol. The van der Waals surface area contributed by atoms with Gasteiger partial charge in [-0.05, 0) is 35.3 Å². The second-order valence-corrected chi connectivity index (χ2v) is 6.51. The van der Waals surface area contributed by atoms with Gasteiger partial charge in [-0.15, -0.1) is 0 Å². The Bertz CT molecular complexity index is 853. The van der Waals surface area contributed by atoms with Crippen molar-refractivity contribution in [1.82, 2.24) is 19.6 Å². The maximum Gasteiger partial charge on any atom is 0.246 e. The van der Waals surface area contributed by atoms with Gasteiger partial charge in [-0.1, -0.05) is 30.3 Å². The number of rotatable bonds is 5. The summed E-state index contributed by atoms with van der Waals surface area (Å²) in [6.07, 6.45) is 3.42. The van der Waals surface area contributed by atoms with Crippen molar-refractivity contribution in [2.75, 3.05) is 5.32 Å². The lowest BCUT2D eigenvalue weighted by Crippen LogP contribution is -2.19. The Morgan fingerprint density at radius 1 is 1.25 bits per heavy atom. The fraction of sp³-hybridized carbons (Fsp3) is 0.235. The van der Waals surface area contributed by atoms with E-state index in [1.165, 1.54) is 5.56 Å². The van der Waals surface area contributed by atoms with Crippen molar-refractivity contribution in [3.8, 4) is 0 Å². The molecule has 0 aliphatic rings. The van der Waals surface area contributed by atoms with Crippen molar-refractivity contribution in [1.29, 1.82) is 0 Å². The predicted octanol–water partition coefficient (Wildman–Crippen LogP) is 3.15. The van der Waals surface area contributed by atoms with Gasteiger partial charge in [0.2, 0.25) is 5.91 Å². The molecule has 0 atom stereocenters. The molecule has 0 unspecified atom stereocenters. The van der Waals surface area contributed by atoms with Crippen LogP contribution in [0.15, 0.2) is 47.2 Å². The average Bonchev–Trinajstić information content (AvgIpc) is 3.07. The van der Waals surface area contributed by atoms with Crippen molar-refractivity contribution in [2.24, 2.45) is 0 Å². The summed E-state index contributed by atoms with van der Waals surface area (Å²) < 4.78 is 4.34. The van der Waals surface area contributed by atoms with Crippen LogP contribution in [0.25, 0.3) is 0 Å². The van der Waals surface area contributed by atoms with Gasteiger partial charge in [-0.2, -0.15) is 10.2 Å². The topological polar surface area (TPSA) is 64.7 Å². The molecule has 2 aromatic heterocycles. The Balaban J connectivity index is 1.73. The average molecular weight is 388 g/mol. The van der Waals surface area contributed by atoms with Crippen LogP contribution < -0.4 is 5.32 Å². The van der Waals surface area contributed by atoms with Gasteiger partial charge in [0.05, 0.1) is 34.3 Å². The molecule has 0 saturated carbocycles. The summed E-state index contributed by atoms with van der Waals surface area (Å²) in [6.45, 7) is 4.70. The number of benzene rings is 1. The van der Waals surface area contributed by atoms with Gasteiger partial charge in [0.15, 0.2) is 0 Å². The van der Waals surface area contributed by atoms with E-state index in [4.69, 9.17) is 0 Å². The minimum atomic E-state index is -0.129. The smallest absolute Gasteiger partial charge is 0.246 e. The summed E-state index contributed by atoms with van der Waals surface area (Å²) in [7, 11) is 0. The third kappa shape index (κ3) is 3.73. The first kappa shape index (κ1) is 16.4. The van der Waals surface area contributed by atoms with E-state index < -0.39 is 0 Å². The first-order chi connectivity index (χ1) is 11.5. The zero-order valence-electron chi connectivity index (χ0n) is 13.5. The molecule has 1 amide bonds. The lowest BCUT2D eigenvalue weighted by molar-refractivity contribution is -0.116. The normalized spacial score (nSPS) is 10.8. The number of hydrogen-bond donors (Lipinski definition) is 1. The Morgan fingerprint density at radius 2 is 2.00 bits per heavy atom. The number of aryl methyl sites for hydroxylation is 1. The van der Waals surface area contributed by atoms with Gasteiger partial charge < -0.3 is 5.32 Å². The number of nitrogens with one attached hydrogen (secondary N) is 1. The molecule has 0 aliphatic heterocycles. The maximum absolute atomic E-state index is 12.2. The number of halogens is 1.